The number of aryl methyl sites for hydroxylation is 1. The number of amides is 2. The number of nitrogens with one attached hydrogen (secondary N) is 1. The summed E-state index contributed by atoms with van der Waals surface area (Å²) in [5.41, 5.74) is 0.949. The number of oxime groups is 1. The van der Waals surface area contributed by atoms with Gasteiger partial charge in [0.15, 0.2) is 11.8 Å². The molecule has 1 saturated heterocycles. The molecule has 4 rings (SSSR count). The van der Waals surface area contributed by atoms with Crippen molar-refractivity contribution >= 4 is 17.5 Å². The van der Waals surface area contributed by atoms with Crippen LogP contribution in [-0.4, -0.2) is 57.4 Å². The molecule has 0 spiro atoms. The maximum Gasteiger partial charge on any atom is 0.272 e. The van der Waals surface area contributed by atoms with Crippen LogP contribution < -0.4 is 5.32 Å². The normalized spacial score (nSPS) is 26.3. The number of hydrogen-bond acceptors (Lipinski definition) is 5. The first-order valence-corrected chi connectivity index (χ1v) is 7.95. The number of hydrogen-bond donors (Lipinski definition) is 1. The standard InChI is InChI=1S/C15H19N5O3/c1-19-11(5-6-16-19)15(22)20-7-10-12(8-20)23-18-13(10)14(21)17-9-3-2-4-9/h5-6,9-10,12H,2-4,7-8H2,1H3,(H,17,21)/t10-,12+/m0/s1. The van der Waals surface area contributed by atoms with Crippen LogP contribution in [0.5, 0.6) is 0 Å². The number of aromatic nitrogens is 2. The summed E-state index contributed by atoms with van der Waals surface area (Å²) in [7, 11) is 1.74. The van der Waals surface area contributed by atoms with Gasteiger partial charge in [-0.1, -0.05) is 5.16 Å². The Kier molecular flexibility index (Phi) is 3.32. The van der Waals surface area contributed by atoms with E-state index in [9.17, 15) is 9.59 Å². The van der Waals surface area contributed by atoms with Gasteiger partial charge in [0.2, 0.25) is 0 Å². The fourth-order valence-electron chi connectivity index (χ4n) is 3.27. The molecule has 122 valence electrons. The van der Waals surface area contributed by atoms with Crippen LogP contribution in [0.2, 0.25) is 0 Å². The van der Waals surface area contributed by atoms with Crippen LogP contribution in [-0.2, 0) is 16.7 Å². The zero-order valence-electron chi connectivity index (χ0n) is 12.9. The molecule has 1 aromatic rings. The van der Waals surface area contributed by atoms with Crippen LogP contribution >= 0.6 is 0 Å². The van der Waals surface area contributed by atoms with Crippen molar-refractivity contribution in [1.82, 2.24) is 20.0 Å². The third-order valence-electron chi connectivity index (χ3n) is 4.90. The van der Waals surface area contributed by atoms with E-state index in [2.05, 4.69) is 15.6 Å². The molecule has 2 fully saturated rings. The average molecular weight is 317 g/mol. The zero-order valence-corrected chi connectivity index (χ0v) is 12.9. The van der Waals surface area contributed by atoms with Gasteiger partial charge in [-0.15, -0.1) is 0 Å². The maximum atomic E-state index is 12.5. The average Bonchev–Trinajstić information content (AvgIpc) is 3.16. The van der Waals surface area contributed by atoms with Crippen molar-refractivity contribution < 1.29 is 14.4 Å². The molecule has 2 amide bonds. The molecule has 8 heteroatoms. The van der Waals surface area contributed by atoms with Crippen molar-refractivity contribution in [2.24, 2.45) is 18.1 Å². The Balaban J connectivity index is 1.43. The van der Waals surface area contributed by atoms with E-state index in [1.807, 2.05) is 0 Å². The quantitative estimate of drug-likeness (QED) is 0.844. The molecule has 3 heterocycles. The van der Waals surface area contributed by atoms with Crippen LogP contribution in [0.3, 0.4) is 0 Å². The molecule has 2 atom stereocenters. The van der Waals surface area contributed by atoms with Crippen molar-refractivity contribution in [1.29, 1.82) is 0 Å². The van der Waals surface area contributed by atoms with Crippen LogP contribution in [0, 0.1) is 5.92 Å². The summed E-state index contributed by atoms with van der Waals surface area (Å²) in [6.45, 7) is 0.893. The van der Waals surface area contributed by atoms with Gasteiger partial charge in [0, 0.05) is 25.8 Å². The lowest BCUT2D eigenvalue weighted by atomic mass is 9.92. The summed E-state index contributed by atoms with van der Waals surface area (Å²) in [4.78, 5) is 31.9. The lowest BCUT2D eigenvalue weighted by Crippen LogP contribution is -2.45. The molecular weight excluding hydrogens is 298 g/mol. The van der Waals surface area contributed by atoms with E-state index in [0.29, 0.717) is 24.5 Å². The van der Waals surface area contributed by atoms with E-state index >= 15 is 0 Å². The molecule has 1 N–H and O–H groups in total. The smallest absolute Gasteiger partial charge is 0.272 e. The first kappa shape index (κ1) is 14.2. The number of rotatable bonds is 3. The Bertz CT molecular complexity index is 678. The van der Waals surface area contributed by atoms with Gasteiger partial charge in [0.25, 0.3) is 11.8 Å². The second-order valence-electron chi connectivity index (χ2n) is 6.38. The molecule has 1 aromatic heterocycles. The number of carbonyl (C=O) groups is 2. The third kappa shape index (κ3) is 2.38. The van der Waals surface area contributed by atoms with Crippen LogP contribution in [0.1, 0.15) is 29.8 Å². The minimum atomic E-state index is -0.227. The third-order valence-corrected chi connectivity index (χ3v) is 4.90. The van der Waals surface area contributed by atoms with Crippen molar-refractivity contribution in [3.05, 3.63) is 18.0 Å². The van der Waals surface area contributed by atoms with E-state index in [4.69, 9.17) is 4.84 Å². The number of fused-ring (bicyclic) bond motifs is 1. The highest BCUT2D eigenvalue weighted by atomic mass is 16.6. The van der Waals surface area contributed by atoms with Gasteiger partial charge in [0.05, 0.1) is 12.5 Å². The minimum Gasteiger partial charge on any atom is -0.389 e. The van der Waals surface area contributed by atoms with Gasteiger partial charge in [0.1, 0.15) is 5.69 Å². The number of nitrogens with zero attached hydrogens (tertiary/aromatic N) is 4. The first-order valence-electron chi connectivity index (χ1n) is 7.95. The highest BCUT2D eigenvalue weighted by Gasteiger charge is 2.47. The van der Waals surface area contributed by atoms with Gasteiger partial charge in [-0.2, -0.15) is 5.10 Å². The van der Waals surface area contributed by atoms with Gasteiger partial charge in [-0.3, -0.25) is 14.3 Å². The molecule has 0 bridgehead atoms. The van der Waals surface area contributed by atoms with E-state index < -0.39 is 0 Å². The molecule has 0 radical (unpaired) electrons. The van der Waals surface area contributed by atoms with Crippen molar-refractivity contribution in [2.45, 2.75) is 31.4 Å². The summed E-state index contributed by atoms with van der Waals surface area (Å²) in [5.74, 6) is -0.397. The van der Waals surface area contributed by atoms with Crippen LogP contribution in [0.15, 0.2) is 17.4 Å². The topological polar surface area (TPSA) is 88.8 Å². The molecule has 23 heavy (non-hydrogen) atoms. The number of likely N-dealkylation sites (tertiary alicyclic amines) is 1. The molecule has 1 aliphatic carbocycles. The summed E-state index contributed by atoms with van der Waals surface area (Å²) < 4.78 is 1.55. The van der Waals surface area contributed by atoms with Crippen molar-refractivity contribution in [2.75, 3.05) is 13.1 Å². The van der Waals surface area contributed by atoms with Crippen molar-refractivity contribution in [3.63, 3.8) is 0 Å². The summed E-state index contributed by atoms with van der Waals surface area (Å²) in [6.07, 6.45) is 4.58. The molecular formula is C15H19N5O3. The van der Waals surface area contributed by atoms with E-state index in [0.717, 1.165) is 19.3 Å². The predicted molar refractivity (Wildman–Crippen MR) is 80.7 cm³/mol. The van der Waals surface area contributed by atoms with Gasteiger partial charge in [-0.25, -0.2) is 0 Å². The van der Waals surface area contributed by atoms with Gasteiger partial charge < -0.3 is 15.1 Å². The zero-order chi connectivity index (χ0) is 16.0. The highest BCUT2D eigenvalue weighted by Crippen LogP contribution is 2.29. The molecule has 3 aliphatic rings. The monoisotopic (exact) mass is 317 g/mol. The van der Waals surface area contributed by atoms with E-state index in [-0.39, 0.29) is 29.9 Å². The fraction of sp³-hybridized carbons (Fsp3) is 0.600. The Morgan fingerprint density at radius 2 is 2.17 bits per heavy atom. The van der Waals surface area contributed by atoms with Crippen molar-refractivity contribution in [3.8, 4) is 0 Å². The molecule has 2 aliphatic heterocycles. The first-order chi connectivity index (χ1) is 11.1. The summed E-state index contributed by atoms with van der Waals surface area (Å²) >= 11 is 0. The van der Waals surface area contributed by atoms with Gasteiger partial charge >= 0.3 is 0 Å². The Labute approximate surface area is 133 Å². The molecule has 8 nitrogen and oxygen atoms in total. The second kappa shape index (κ2) is 5.36. The predicted octanol–water partition coefficient (Wildman–Crippen LogP) is -0.0844. The second-order valence-corrected chi connectivity index (χ2v) is 6.38. The highest BCUT2D eigenvalue weighted by molar-refractivity contribution is 6.40. The largest absolute Gasteiger partial charge is 0.389 e. The van der Waals surface area contributed by atoms with Gasteiger partial charge in [-0.05, 0) is 25.3 Å². The van der Waals surface area contributed by atoms with E-state index in [1.54, 1.807) is 28.9 Å². The SMILES string of the molecule is Cn1nccc1C(=O)N1C[C@@H]2C(C(=O)NC3CCC3)=NO[C@@H]2C1. The molecule has 0 unspecified atom stereocenters. The lowest BCUT2D eigenvalue weighted by Gasteiger charge is -2.26. The summed E-state index contributed by atoms with van der Waals surface area (Å²) in [6, 6.07) is 1.95. The minimum absolute atomic E-state index is 0.0956. The molecule has 0 aromatic carbocycles. The Morgan fingerprint density at radius 1 is 1.35 bits per heavy atom. The Morgan fingerprint density at radius 3 is 2.83 bits per heavy atom. The summed E-state index contributed by atoms with van der Waals surface area (Å²) in [5, 5.41) is 11.0. The van der Waals surface area contributed by atoms with E-state index in [1.165, 1.54) is 0 Å². The molecule has 1 saturated carbocycles. The van der Waals surface area contributed by atoms with Crippen LogP contribution in [0.4, 0.5) is 0 Å². The lowest BCUT2D eigenvalue weighted by molar-refractivity contribution is -0.116. The number of carbonyl (C=O) groups excluding carboxylic acids is 2. The Hall–Kier alpha value is -2.38. The van der Waals surface area contributed by atoms with Crippen LogP contribution in [0.25, 0.3) is 0 Å². The fourth-order valence-corrected chi connectivity index (χ4v) is 3.27. The maximum absolute atomic E-state index is 12.5.